The van der Waals surface area contributed by atoms with Gasteiger partial charge in [0.15, 0.2) is 4.80 Å². The summed E-state index contributed by atoms with van der Waals surface area (Å²) >= 11 is 13.8. The van der Waals surface area contributed by atoms with E-state index in [1.54, 1.807) is 35.8 Å². The first-order valence-electron chi connectivity index (χ1n) is 11.5. The van der Waals surface area contributed by atoms with E-state index in [2.05, 4.69) is 18.8 Å². The molecule has 0 spiro atoms. The number of hydrogen-bond donors (Lipinski definition) is 0. The van der Waals surface area contributed by atoms with E-state index in [9.17, 15) is 9.59 Å². The molecule has 3 aromatic rings. The molecule has 36 heavy (non-hydrogen) atoms. The number of ether oxygens (including phenoxy) is 2. The molecule has 1 unspecified atom stereocenters. The number of fused-ring (bicyclic) bond motifs is 1. The SMILES string of the molecule is COCCOC(=O)C1=C(C)N=c2sc(=Cc3cccc(Cl)c3Cl)c(=O)n2C1c1ccc(C(C)C)cc1. The minimum absolute atomic E-state index is 0.100. The van der Waals surface area contributed by atoms with E-state index in [0.717, 1.165) is 11.1 Å². The van der Waals surface area contributed by atoms with Crippen LogP contribution < -0.4 is 14.9 Å². The average molecular weight is 545 g/mol. The highest BCUT2D eigenvalue weighted by Crippen LogP contribution is 2.32. The van der Waals surface area contributed by atoms with Crippen LogP contribution >= 0.6 is 34.5 Å². The van der Waals surface area contributed by atoms with E-state index in [1.165, 1.54) is 18.4 Å². The Hall–Kier alpha value is -2.71. The third kappa shape index (κ3) is 5.20. The Labute approximate surface area is 223 Å². The van der Waals surface area contributed by atoms with Crippen LogP contribution in [-0.4, -0.2) is 30.9 Å². The predicted octanol–water partition coefficient (Wildman–Crippen LogP) is 4.86. The number of esters is 1. The molecule has 0 bridgehead atoms. The summed E-state index contributed by atoms with van der Waals surface area (Å²) in [6.45, 7) is 6.35. The zero-order valence-corrected chi connectivity index (χ0v) is 22.7. The molecular formula is C27H26Cl2N2O4S. The van der Waals surface area contributed by atoms with Crippen LogP contribution in [-0.2, 0) is 14.3 Å². The van der Waals surface area contributed by atoms with Crippen LogP contribution in [0.3, 0.4) is 0 Å². The summed E-state index contributed by atoms with van der Waals surface area (Å²) in [5.74, 6) is -0.183. The number of nitrogens with zero attached hydrogens (tertiary/aromatic N) is 2. The molecule has 0 saturated carbocycles. The molecule has 0 saturated heterocycles. The normalized spacial score (nSPS) is 15.8. The number of halogens is 2. The molecule has 0 amide bonds. The minimum Gasteiger partial charge on any atom is -0.460 e. The molecule has 0 radical (unpaired) electrons. The van der Waals surface area contributed by atoms with Crippen molar-refractivity contribution in [3.63, 3.8) is 0 Å². The van der Waals surface area contributed by atoms with Gasteiger partial charge in [0.2, 0.25) is 0 Å². The number of hydrogen-bond acceptors (Lipinski definition) is 6. The van der Waals surface area contributed by atoms with E-state index in [0.29, 0.717) is 42.1 Å². The molecule has 1 aliphatic rings. The highest BCUT2D eigenvalue weighted by Gasteiger charge is 2.33. The van der Waals surface area contributed by atoms with Crippen molar-refractivity contribution in [2.24, 2.45) is 4.99 Å². The second kappa shape index (κ2) is 11.1. The van der Waals surface area contributed by atoms with E-state index in [-0.39, 0.29) is 18.8 Å². The Morgan fingerprint density at radius 3 is 2.56 bits per heavy atom. The molecule has 4 rings (SSSR count). The molecule has 1 aliphatic heterocycles. The molecule has 2 heterocycles. The first kappa shape index (κ1) is 26.4. The van der Waals surface area contributed by atoms with Crippen LogP contribution in [0.15, 0.2) is 63.5 Å². The van der Waals surface area contributed by atoms with Gasteiger partial charge in [-0.3, -0.25) is 9.36 Å². The number of benzene rings is 2. The lowest BCUT2D eigenvalue weighted by Gasteiger charge is -2.25. The summed E-state index contributed by atoms with van der Waals surface area (Å²) in [6.07, 6.45) is 1.70. The van der Waals surface area contributed by atoms with Crippen molar-refractivity contribution < 1.29 is 14.3 Å². The molecule has 1 aromatic heterocycles. The van der Waals surface area contributed by atoms with Crippen LogP contribution in [0, 0.1) is 0 Å². The van der Waals surface area contributed by atoms with Crippen molar-refractivity contribution in [1.82, 2.24) is 4.57 Å². The summed E-state index contributed by atoms with van der Waals surface area (Å²) in [5, 5.41) is 0.766. The van der Waals surface area contributed by atoms with Gasteiger partial charge in [0.1, 0.15) is 6.61 Å². The lowest BCUT2D eigenvalue weighted by atomic mass is 9.93. The van der Waals surface area contributed by atoms with E-state index in [4.69, 9.17) is 32.7 Å². The molecule has 188 valence electrons. The van der Waals surface area contributed by atoms with Crippen LogP contribution in [0.5, 0.6) is 0 Å². The fourth-order valence-electron chi connectivity index (χ4n) is 4.03. The first-order valence-corrected chi connectivity index (χ1v) is 13.0. The topological polar surface area (TPSA) is 69.9 Å². The monoisotopic (exact) mass is 544 g/mol. The lowest BCUT2D eigenvalue weighted by molar-refractivity contribution is -0.140. The standard InChI is InChI=1S/C27H26Cl2N2O4S/c1-15(2)17-8-10-18(11-9-17)24-22(26(33)35-13-12-34-4)16(3)30-27-31(24)25(32)21(36-27)14-19-6-5-7-20(28)23(19)29/h5-11,14-15,24H,12-13H2,1-4H3. The third-order valence-electron chi connectivity index (χ3n) is 5.95. The molecule has 9 heteroatoms. The van der Waals surface area contributed by atoms with Crippen LogP contribution in [0.1, 0.15) is 49.4 Å². The molecule has 0 fully saturated rings. The minimum atomic E-state index is -0.686. The van der Waals surface area contributed by atoms with Gasteiger partial charge < -0.3 is 9.47 Å². The maximum Gasteiger partial charge on any atom is 0.338 e. The Balaban J connectivity index is 1.90. The fourth-order valence-corrected chi connectivity index (χ4v) is 5.43. The zero-order chi connectivity index (χ0) is 26.0. The Bertz CT molecular complexity index is 1500. The quantitative estimate of drug-likeness (QED) is 0.314. The van der Waals surface area contributed by atoms with Gasteiger partial charge in [0, 0.05) is 7.11 Å². The van der Waals surface area contributed by atoms with E-state index >= 15 is 0 Å². The van der Waals surface area contributed by atoms with Gasteiger partial charge in [0.05, 0.1) is 38.5 Å². The van der Waals surface area contributed by atoms with Gasteiger partial charge in [-0.25, -0.2) is 9.79 Å². The van der Waals surface area contributed by atoms with Crippen molar-refractivity contribution in [2.75, 3.05) is 20.3 Å². The predicted molar refractivity (Wildman–Crippen MR) is 144 cm³/mol. The van der Waals surface area contributed by atoms with E-state index in [1.807, 2.05) is 24.3 Å². The summed E-state index contributed by atoms with van der Waals surface area (Å²) in [6, 6.07) is 12.5. The number of carbonyl (C=O) groups excluding carboxylic acids is 1. The first-order chi connectivity index (χ1) is 17.2. The second-order valence-electron chi connectivity index (χ2n) is 8.67. The number of thiazole rings is 1. The maximum absolute atomic E-state index is 13.7. The summed E-state index contributed by atoms with van der Waals surface area (Å²) in [5.41, 5.74) is 3.13. The molecule has 0 aliphatic carbocycles. The zero-order valence-electron chi connectivity index (χ0n) is 20.4. The molecule has 0 N–H and O–H groups in total. The molecule has 6 nitrogen and oxygen atoms in total. The van der Waals surface area contributed by atoms with Crippen molar-refractivity contribution in [1.29, 1.82) is 0 Å². The van der Waals surface area contributed by atoms with Crippen LogP contribution in [0.4, 0.5) is 0 Å². The average Bonchev–Trinajstić information content (AvgIpc) is 3.15. The summed E-state index contributed by atoms with van der Waals surface area (Å²) in [7, 11) is 1.54. The van der Waals surface area contributed by atoms with Gasteiger partial charge in [-0.15, -0.1) is 0 Å². The summed E-state index contributed by atoms with van der Waals surface area (Å²) < 4.78 is 12.5. The van der Waals surface area contributed by atoms with E-state index < -0.39 is 12.0 Å². The molecule has 2 aromatic carbocycles. The van der Waals surface area contributed by atoms with Crippen LogP contribution in [0.2, 0.25) is 10.0 Å². The van der Waals surface area contributed by atoms with Gasteiger partial charge in [-0.2, -0.15) is 0 Å². The Morgan fingerprint density at radius 2 is 1.89 bits per heavy atom. The highest BCUT2D eigenvalue weighted by molar-refractivity contribution is 7.07. The van der Waals surface area contributed by atoms with Crippen molar-refractivity contribution in [2.45, 2.75) is 32.7 Å². The van der Waals surface area contributed by atoms with Gasteiger partial charge in [-0.1, -0.05) is 84.8 Å². The van der Waals surface area contributed by atoms with Gasteiger partial charge >= 0.3 is 5.97 Å². The fraction of sp³-hybridized carbons (Fsp3) is 0.296. The van der Waals surface area contributed by atoms with Gasteiger partial charge in [0.25, 0.3) is 5.56 Å². The second-order valence-corrected chi connectivity index (χ2v) is 10.5. The van der Waals surface area contributed by atoms with Crippen molar-refractivity contribution >= 4 is 46.6 Å². The largest absolute Gasteiger partial charge is 0.460 e. The number of allylic oxidation sites excluding steroid dienone is 1. The maximum atomic E-state index is 13.7. The molecule has 1 atom stereocenters. The Morgan fingerprint density at radius 1 is 1.17 bits per heavy atom. The lowest BCUT2D eigenvalue weighted by Crippen LogP contribution is -2.40. The highest BCUT2D eigenvalue weighted by atomic mass is 35.5. The molecular weight excluding hydrogens is 519 g/mol. The Kier molecular flexibility index (Phi) is 8.15. The van der Waals surface area contributed by atoms with Crippen LogP contribution in [0.25, 0.3) is 6.08 Å². The van der Waals surface area contributed by atoms with Crippen molar-refractivity contribution in [3.8, 4) is 0 Å². The van der Waals surface area contributed by atoms with Gasteiger partial charge in [-0.05, 0) is 41.7 Å². The smallest absolute Gasteiger partial charge is 0.338 e. The summed E-state index contributed by atoms with van der Waals surface area (Å²) in [4.78, 5) is 32.0. The number of methoxy groups -OCH3 is 1. The number of rotatable bonds is 7. The third-order valence-corrected chi connectivity index (χ3v) is 7.77. The number of aromatic nitrogens is 1. The number of carbonyl (C=O) groups is 1. The van der Waals surface area contributed by atoms with Crippen molar-refractivity contribution in [3.05, 3.63) is 100 Å².